The Labute approximate surface area is 180 Å². The SMILES string of the molecule is CC(C)(C)OC(=O)N1CCN(C(c2ccc(F)cc2)c2ccc(F)cc2)C(C(=O)O)C1. The van der Waals surface area contributed by atoms with Crippen LogP contribution < -0.4 is 0 Å². The predicted octanol–water partition coefficient (Wildman–Crippen LogP) is 4.06. The van der Waals surface area contributed by atoms with Gasteiger partial charge in [0.15, 0.2) is 0 Å². The highest BCUT2D eigenvalue weighted by Gasteiger charge is 2.40. The minimum absolute atomic E-state index is 0.0663. The zero-order valence-electron chi connectivity index (χ0n) is 17.7. The quantitative estimate of drug-likeness (QED) is 0.789. The van der Waals surface area contributed by atoms with Gasteiger partial charge in [0.05, 0.1) is 12.6 Å². The van der Waals surface area contributed by atoms with Gasteiger partial charge in [-0.3, -0.25) is 9.69 Å². The van der Waals surface area contributed by atoms with Crippen LogP contribution in [0.5, 0.6) is 0 Å². The Bertz CT molecular complexity index is 881. The van der Waals surface area contributed by atoms with Crippen LogP contribution in [0.4, 0.5) is 13.6 Å². The molecule has 1 N–H and O–H groups in total. The molecule has 2 aromatic rings. The average Bonchev–Trinajstić information content (AvgIpc) is 2.69. The first-order valence-corrected chi connectivity index (χ1v) is 10.0. The average molecular weight is 432 g/mol. The molecule has 31 heavy (non-hydrogen) atoms. The summed E-state index contributed by atoms with van der Waals surface area (Å²) in [6.07, 6.45) is -0.571. The molecule has 3 rings (SSSR count). The van der Waals surface area contributed by atoms with Crippen molar-refractivity contribution < 1.29 is 28.2 Å². The van der Waals surface area contributed by atoms with Gasteiger partial charge in [0.1, 0.15) is 23.3 Å². The monoisotopic (exact) mass is 432 g/mol. The van der Waals surface area contributed by atoms with Crippen LogP contribution >= 0.6 is 0 Å². The van der Waals surface area contributed by atoms with Crippen molar-refractivity contribution in [3.63, 3.8) is 0 Å². The molecule has 1 saturated heterocycles. The highest BCUT2D eigenvalue weighted by molar-refractivity contribution is 5.76. The van der Waals surface area contributed by atoms with Gasteiger partial charge in [0.2, 0.25) is 0 Å². The number of piperazine rings is 1. The maximum absolute atomic E-state index is 13.5. The Balaban J connectivity index is 1.94. The molecular formula is C23H26F2N2O4. The summed E-state index contributed by atoms with van der Waals surface area (Å²) < 4.78 is 32.4. The van der Waals surface area contributed by atoms with E-state index in [2.05, 4.69) is 0 Å². The van der Waals surface area contributed by atoms with E-state index in [1.807, 2.05) is 0 Å². The van der Waals surface area contributed by atoms with E-state index in [-0.39, 0.29) is 19.6 Å². The number of amides is 1. The van der Waals surface area contributed by atoms with Crippen molar-refractivity contribution in [3.05, 3.63) is 71.3 Å². The van der Waals surface area contributed by atoms with Crippen molar-refractivity contribution in [3.8, 4) is 0 Å². The third-order valence-corrected chi connectivity index (χ3v) is 5.06. The molecule has 8 heteroatoms. The molecule has 1 aliphatic heterocycles. The smallest absolute Gasteiger partial charge is 0.410 e. The van der Waals surface area contributed by atoms with E-state index in [9.17, 15) is 23.5 Å². The van der Waals surface area contributed by atoms with Crippen molar-refractivity contribution in [2.45, 2.75) is 38.5 Å². The summed E-state index contributed by atoms with van der Waals surface area (Å²) >= 11 is 0. The molecule has 166 valence electrons. The maximum Gasteiger partial charge on any atom is 0.410 e. The summed E-state index contributed by atoms with van der Waals surface area (Å²) in [6, 6.07) is 9.98. The molecule has 1 unspecified atom stereocenters. The summed E-state index contributed by atoms with van der Waals surface area (Å²) in [7, 11) is 0. The first-order valence-electron chi connectivity index (χ1n) is 10.0. The molecule has 6 nitrogen and oxygen atoms in total. The third kappa shape index (κ3) is 5.58. The number of carbonyl (C=O) groups excluding carboxylic acids is 1. The number of aliphatic carboxylic acids is 1. The number of hydrogen-bond acceptors (Lipinski definition) is 4. The molecule has 1 heterocycles. The summed E-state index contributed by atoms with van der Waals surface area (Å²) in [5.74, 6) is -1.92. The molecule has 0 saturated carbocycles. The van der Waals surface area contributed by atoms with Crippen LogP contribution in [0.2, 0.25) is 0 Å². The topological polar surface area (TPSA) is 70.1 Å². The van der Waals surface area contributed by atoms with E-state index in [0.717, 1.165) is 0 Å². The molecule has 0 radical (unpaired) electrons. The largest absolute Gasteiger partial charge is 0.480 e. The lowest BCUT2D eigenvalue weighted by Gasteiger charge is -2.43. The lowest BCUT2D eigenvalue weighted by Crippen LogP contribution is -2.59. The van der Waals surface area contributed by atoms with Gasteiger partial charge in [0.25, 0.3) is 0 Å². The minimum Gasteiger partial charge on any atom is -0.480 e. The fourth-order valence-electron chi connectivity index (χ4n) is 3.68. The number of halogens is 2. The zero-order chi connectivity index (χ0) is 22.8. The van der Waals surface area contributed by atoms with Crippen molar-refractivity contribution in [1.82, 2.24) is 9.80 Å². The van der Waals surface area contributed by atoms with Crippen molar-refractivity contribution >= 4 is 12.1 Å². The molecule has 1 aliphatic rings. The van der Waals surface area contributed by atoms with E-state index in [1.165, 1.54) is 29.2 Å². The van der Waals surface area contributed by atoms with E-state index in [4.69, 9.17) is 4.74 Å². The van der Waals surface area contributed by atoms with Gasteiger partial charge in [-0.2, -0.15) is 0 Å². The first-order chi connectivity index (χ1) is 14.5. The number of nitrogens with zero attached hydrogens (tertiary/aromatic N) is 2. The highest BCUT2D eigenvalue weighted by atomic mass is 19.1. The Morgan fingerprint density at radius 3 is 1.87 bits per heavy atom. The summed E-state index contributed by atoms with van der Waals surface area (Å²) in [5.41, 5.74) is 0.646. The molecule has 0 bridgehead atoms. The molecule has 0 spiro atoms. The minimum atomic E-state index is -1.09. The van der Waals surface area contributed by atoms with Gasteiger partial charge < -0.3 is 14.7 Å². The standard InChI is InChI=1S/C23H26F2N2O4/c1-23(2,3)31-22(30)26-12-13-27(19(14-26)21(28)29)20(15-4-8-17(24)9-5-15)16-6-10-18(25)11-7-16/h4-11,19-20H,12-14H2,1-3H3,(H,28,29). The third-order valence-electron chi connectivity index (χ3n) is 5.06. The number of carboxylic acid groups (broad SMARTS) is 1. The van der Waals surface area contributed by atoms with Gasteiger partial charge >= 0.3 is 12.1 Å². The Hall–Kier alpha value is -3.00. The fraction of sp³-hybridized carbons (Fsp3) is 0.391. The first kappa shape index (κ1) is 22.7. The van der Waals surface area contributed by atoms with E-state index < -0.39 is 41.4 Å². The van der Waals surface area contributed by atoms with E-state index in [0.29, 0.717) is 11.1 Å². The zero-order valence-corrected chi connectivity index (χ0v) is 17.7. The second kappa shape index (κ2) is 9.01. The van der Waals surface area contributed by atoms with Gasteiger partial charge in [-0.25, -0.2) is 13.6 Å². The summed E-state index contributed by atoms with van der Waals surface area (Å²) in [4.78, 5) is 27.8. The lowest BCUT2D eigenvalue weighted by atomic mass is 9.94. The fourth-order valence-corrected chi connectivity index (χ4v) is 3.68. The summed E-state index contributed by atoms with van der Waals surface area (Å²) in [5, 5.41) is 9.93. The van der Waals surface area contributed by atoms with Crippen LogP contribution in [0.3, 0.4) is 0 Å². The van der Waals surface area contributed by atoms with Crippen LogP contribution in [0.25, 0.3) is 0 Å². The van der Waals surface area contributed by atoms with Crippen LogP contribution in [-0.2, 0) is 9.53 Å². The van der Waals surface area contributed by atoms with Crippen LogP contribution in [-0.4, -0.2) is 58.2 Å². The normalized spacial score (nSPS) is 17.6. The van der Waals surface area contributed by atoms with Crippen LogP contribution in [0.15, 0.2) is 48.5 Å². The second-order valence-corrected chi connectivity index (χ2v) is 8.52. The van der Waals surface area contributed by atoms with Crippen LogP contribution in [0.1, 0.15) is 37.9 Å². The number of carbonyl (C=O) groups is 2. The molecule has 1 atom stereocenters. The van der Waals surface area contributed by atoms with Gasteiger partial charge in [0, 0.05) is 13.1 Å². The molecule has 1 amide bonds. The lowest BCUT2D eigenvalue weighted by molar-refractivity contribution is -0.146. The van der Waals surface area contributed by atoms with Gasteiger partial charge in [-0.15, -0.1) is 0 Å². The Morgan fingerprint density at radius 2 is 1.45 bits per heavy atom. The number of hydrogen-bond donors (Lipinski definition) is 1. The predicted molar refractivity (Wildman–Crippen MR) is 111 cm³/mol. The van der Waals surface area contributed by atoms with Crippen molar-refractivity contribution in [1.29, 1.82) is 0 Å². The second-order valence-electron chi connectivity index (χ2n) is 8.52. The van der Waals surface area contributed by atoms with Crippen LogP contribution in [0, 0.1) is 11.6 Å². The molecule has 0 aromatic heterocycles. The Morgan fingerprint density at radius 1 is 0.968 bits per heavy atom. The molecular weight excluding hydrogens is 406 g/mol. The number of carboxylic acids is 1. The van der Waals surface area contributed by atoms with Gasteiger partial charge in [-0.05, 0) is 56.2 Å². The van der Waals surface area contributed by atoms with Gasteiger partial charge in [-0.1, -0.05) is 24.3 Å². The number of ether oxygens (including phenoxy) is 1. The molecule has 0 aliphatic carbocycles. The van der Waals surface area contributed by atoms with Crippen molar-refractivity contribution in [2.75, 3.05) is 19.6 Å². The van der Waals surface area contributed by atoms with E-state index >= 15 is 0 Å². The molecule has 2 aromatic carbocycles. The maximum atomic E-state index is 13.5. The summed E-state index contributed by atoms with van der Waals surface area (Å²) in [6.45, 7) is 5.68. The molecule has 1 fully saturated rings. The number of benzene rings is 2. The van der Waals surface area contributed by atoms with E-state index in [1.54, 1.807) is 49.9 Å². The Kier molecular flexibility index (Phi) is 6.59. The highest BCUT2D eigenvalue weighted by Crippen LogP contribution is 2.32. The van der Waals surface area contributed by atoms with Crippen molar-refractivity contribution in [2.24, 2.45) is 0 Å². The number of rotatable bonds is 4.